The van der Waals surface area contributed by atoms with Crippen LogP contribution in [0.4, 0.5) is 5.82 Å². The summed E-state index contributed by atoms with van der Waals surface area (Å²) in [7, 11) is 1.59. The van der Waals surface area contributed by atoms with Gasteiger partial charge in [0.2, 0.25) is 0 Å². The van der Waals surface area contributed by atoms with Crippen LogP contribution >= 0.6 is 0 Å². The van der Waals surface area contributed by atoms with Gasteiger partial charge in [0.1, 0.15) is 11.9 Å². The number of hydrogen-bond acceptors (Lipinski definition) is 4. The molecule has 0 aliphatic rings. The van der Waals surface area contributed by atoms with Crippen LogP contribution in [0.15, 0.2) is 12.3 Å². The fraction of sp³-hybridized carbons (Fsp3) is 0.583. The molecular weight excluding hydrogens is 204 g/mol. The van der Waals surface area contributed by atoms with Crippen molar-refractivity contribution in [2.75, 3.05) is 12.8 Å². The van der Waals surface area contributed by atoms with Crippen LogP contribution in [0.2, 0.25) is 0 Å². The highest BCUT2D eigenvalue weighted by Crippen LogP contribution is 2.27. The van der Waals surface area contributed by atoms with E-state index >= 15 is 0 Å². The summed E-state index contributed by atoms with van der Waals surface area (Å²) in [6, 6.07) is 1.85. The zero-order valence-corrected chi connectivity index (χ0v) is 10.3. The van der Waals surface area contributed by atoms with Gasteiger partial charge in [-0.1, -0.05) is 13.8 Å². The maximum absolute atomic E-state index is 10.2. The first-order valence-electron chi connectivity index (χ1n) is 5.40. The maximum Gasteiger partial charge on any atom is 0.129 e. The van der Waals surface area contributed by atoms with Crippen molar-refractivity contribution in [1.82, 2.24) is 4.98 Å². The first-order chi connectivity index (χ1) is 7.47. The van der Waals surface area contributed by atoms with Crippen molar-refractivity contribution in [3.05, 3.63) is 23.4 Å². The Morgan fingerprint density at radius 2 is 2.06 bits per heavy atom. The summed E-state index contributed by atoms with van der Waals surface area (Å²) in [6.07, 6.45) is 0.672. The smallest absolute Gasteiger partial charge is 0.129 e. The van der Waals surface area contributed by atoms with E-state index in [0.717, 1.165) is 5.56 Å². The van der Waals surface area contributed by atoms with E-state index in [9.17, 15) is 5.11 Å². The number of aryl methyl sites for hydroxylation is 1. The van der Waals surface area contributed by atoms with Crippen LogP contribution in [0.3, 0.4) is 0 Å². The standard InChI is InChI=1S/C12H20N2O2/c1-7(2)11(16-4)10(15)9-5-8(3)6-14-12(9)13/h5-7,10-11,15H,1-4H3,(H2,13,14). The number of ether oxygens (including phenoxy) is 1. The molecule has 0 aromatic carbocycles. The number of aliphatic hydroxyl groups is 1. The minimum atomic E-state index is -0.739. The molecule has 4 nitrogen and oxygen atoms in total. The summed E-state index contributed by atoms with van der Waals surface area (Å²) in [4.78, 5) is 4.04. The molecule has 16 heavy (non-hydrogen) atoms. The Hall–Kier alpha value is -1.13. The summed E-state index contributed by atoms with van der Waals surface area (Å²) in [5.74, 6) is 0.570. The fourth-order valence-corrected chi connectivity index (χ4v) is 1.78. The second-order valence-electron chi connectivity index (χ2n) is 4.38. The molecule has 0 saturated heterocycles. The molecule has 4 heteroatoms. The van der Waals surface area contributed by atoms with Gasteiger partial charge in [0.25, 0.3) is 0 Å². The molecule has 1 aromatic rings. The van der Waals surface area contributed by atoms with Crippen LogP contribution in [0.1, 0.15) is 31.1 Å². The van der Waals surface area contributed by atoms with E-state index < -0.39 is 6.10 Å². The number of hydrogen-bond donors (Lipinski definition) is 2. The molecule has 3 N–H and O–H groups in total. The van der Waals surface area contributed by atoms with Gasteiger partial charge in [0, 0.05) is 18.9 Å². The lowest BCUT2D eigenvalue weighted by molar-refractivity contribution is -0.0388. The normalized spacial score (nSPS) is 15.1. The fourth-order valence-electron chi connectivity index (χ4n) is 1.78. The number of pyridine rings is 1. The van der Waals surface area contributed by atoms with Crippen LogP contribution < -0.4 is 5.73 Å². The molecule has 0 aliphatic carbocycles. The third-order valence-electron chi connectivity index (χ3n) is 2.65. The molecule has 0 saturated carbocycles. The number of rotatable bonds is 4. The lowest BCUT2D eigenvalue weighted by atomic mass is 9.95. The lowest BCUT2D eigenvalue weighted by Gasteiger charge is -2.25. The highest BCUT2D eigenvalue weighted by atomic mass is 16.5. The second-order valence-corrected chi connectivity index (χ2v) is 4.38. The number of aliphatic hydroxyl groups excluding tert-OH is 1. The van der Waals surface area contributed by atoms with Gasteiger partial charge in [-0.3, -0.25) is 0 Å². The van der Waals surface area contributed by atoms with Crippen molar-refractivity contribution < 1.29 is 9.84 Å². The number of aromatic nitrogens is 1. The van der Waals surface area contributed by atoms with E-state index in [4.69, 9.17) is 10.5 Å². The second kappa shape index (κ2) is 5.27. The molecule has 90 valence electrons. The van der Waals surface area contributed by atoms with Crippen molar-refractivity contribution in [2.24, 2.45) is 5.92 Å². The van der Waals surface area contributed by atoms with Gasteiger partial charge in [-0.25, -0.2) is 4.98 Å². The minimum absolute atomic E-state index is 0.208. The number of methoxy groups -OCH3 is 1. The van der Waals surface area contributed by atoms with Crippen LogP contribution in [-0.2, 0) is 4.74 Å². The number of nitrogen functional groups attached to an aromatic ring is 1. The molecule has 2 unspecified atom stereocenters. The number of nitrogens with two attached hydrogens (primary N) is 1. The van der Waals surface area contributed by atoms with E-state index in [1.807, 2.05) is 26.8 Å². The molecule has 0 amide bonds. The Kier molecular flexibility index (Phi) is 4.26. The van der Waals surface area contributed by atoms with Gasteiger partial charge in [0.15, 0.2) is 0 Å². The van der Waals surface area contributed by atoms with Gasteiger partial charge >= 0.3 is 0 Å². The van der Waals surface area contributed by atoms with Gasteiger partial charge in [-0.2, -0.15) is 0 Å². The summed E-state index contributed by atoms with van der Waals surface area (Å²) >= 11 is 0. The molecule has 0 aliphatic heterocycles. The quantitative estimate of drug-likeness (QED) is 0.816. The topological polar surface area (TPSA) is 68.4 Å². The molecule has 2 atom stereocenters. The predicted molar refractivity (Wildman–Crippen MR) is 64.0 cm³/mol. The Morgan fingerprint density at radius 3 is 2.56 bits per heavy atom. The molecular formula is C12H20N2O2. The summed E-state index contributed by atoms with van der Waals surface area (Å²) < 4.78 is 5.29. The summed E-state index contributed by atoms with van der Waals surface area (Å²) in [5.41, 5.74) is 7.37. The van der Waals surface area contributed by atoms with Gasteiger partial charge in [0.05, 0.1) is 6.10 Å². The highest BCUT2D eigenvalue weighted by Gasteiger charge is 2.25. The van der Waals surface area contributed by atoms with Crippen molar-refractivity contribution in [3.8, 4) is 0 Å². The zero-order chi connectivity index (χ0) is 12.3. The third kappa shape index (κ3) is 2.71. The average molecular weight is 224 g/mol. The molecule has 0 bridgehead atoms. The van der Waals surface area contributed by atoms with Crippen LogP contribution in [0.25, 0.3) is 0 Å². The maximum atomic E-state index is 10.2. The number of anilines is 1. The SMILES string of the molecule is COC(C(C)C)C(O)c1cc(C)cnc1N. The zero-order valence-electron chi connectivity index (χ0n) is 10.3. The van der Waals surface area contributed by atoms with Crippen molar-refractivity contribution in [3.63, 3.8) is 0 Å². The largest absolute Gasteiger partial charge is 0.386 e. The van der Waals surface area contributed by atoms with E-state index in [2.05, 4.69) is 4.98 Å². The predicted octanol–water partition coefficient (Wildman–Crippen LogP) is 1.68. The summed E-state index contributed by atoms with van der Waals surface area (Å²) in [5, 5.41) is 10.2. The highest BCUT2D eigenvalue weighted by molar-refractivity contribution is 5.42. The molecule has 1 rings (SSSR count). The monoisotopic (exact) mass is 224 g/mol. The molecule has 1 aromatic heterocycles. The Bertz CT molecular complexity index is 353. The van der Waals surface area contributed by atoms with Gasteiger partial charge in [-0.05, 0) is 24.5 Å². The van der Waals surface area contributed by atoms with Crippen molar-refractivity contribution in [1.29, 1.82) is 0 Å². The average Bonchev–Trinajstić information content (AvgIpc) is 2.22. The van der Waals surface area contributed by atoms with E-state index in [1.165, 1.54) is 0 Å². The van der Waals surface area contributed by atoms with E-state index in [-0.39, 0.29) is 12.0 Å². The third-order valence-corrected chi connectivity index (χ3v) is 2.65. The van der Waals surface area contributed by atoms with Crippen LogP contribution in [0, 0.1) is 12.8 Å². The molecule has 0 radical (unpaired) electrons. The Morgan fingerprint density at radius 1 is 1.44 bits per heavy atom. The van der Waals surface area contributed by atoms with Crippen LogP contribution in [-0.4, -0.2) is 23.3 Å². The first kappa shape index (κ1) is 12.9. The molecule has 1 heterocycles. The van der Waals surface area contributed by atoms with Gasteiger partial charge < -0.3 is 15.6 Å². The van der Waals surface area contributed by atoms with Crippen molar-refractivity contribution in [2.45, 2.75) is 33.0 Å². The number of nitrogens with zero attached hydrogens (tertiary/aromatic N) is 1. The molecule has 0 fully saturated rings. The lowest BCUT2D eigenvalue weighted by Crippen LogP contribution is -2.27. The van der Waals surface area contributed by atoms with Crippen LogP contribution in [0.5, 0.6) is 0 Å². The summed E-state index contributed by atoms with van der Waals surface area (Å²) in [6.45, 7) is 5.91. The Labute approximate surface area is 96.5 Å². The van der Waals surface area contributed by atoms with E-state index in [0.29, 0.717) is 11.4 Å². The first-order valence-corrected chi connectivity index (χ1v) is 5.40. The molecule has 0 spiro atoms. The minimum Gasteiger partial charge on any atom is -0.386 e. The van der Waals surface area contributed by atoms with Gasteiger partial charge in [-0.15, -0.1) is 0 Å². The van der Waals surface area contributed by atoms with E-state index in [1.54, 1.807) is 13.3 Å². The Balaban J connectivity index is 3.02. The van der Waals surface area contributed by atoms with Crippen molar-refractivity contribution >= 4 is 5.82 Å².